The van der Waals surface area contributed by atoms with Gasteiger partial charge in [0.1, 0.15) is 11.5 Å². The van der Waals surface area contributed by atoms with Gasteiger partial charge in [0.05, 0.1) is 19.4 Å². The molecule has 0 bridgehead atoms. The van der Waals surface area contributed by atoms with Crippen molar-refractivity contribution < 1.29 is 9.15 Å². The first-order chi connectivity index (χ1) is 9.30. The van der Waals surface area contributed by atoms with E-state index >= 15 is 0 Å². The van der Waals surface area contributed by atoms with Crippen LogP contribution in [0.25, 0.3) is 0 Å². The molecule has 3 heteroatoms. The Balaban J connectivity index is 2.33. The lowest BCUT2D eigenvalue weighted by molar-refractivity contribution is 0.414. The van der Waals surface area contributed by atoms with Gasteiger partial charge in [-0.3, -0.25) is 0 Å². The zero-order chi connectivity index (χ0) is 13.7. The van der Waals surface area contributed by atoms with Crippen LogP contribution in [0.3, 0.4) is 0 Å². The van der Waals surface area contributed by atoms with E-state index in [1.807, 2.05) is 12.1 Å². The number of benzene rings is 1. The van der Waals surface area contributed by atoms with E-state index in [0.29, 0.717) is 0 Å². The van der Waals surface area contributed by atoms with E-state index in [1.165, 1.54) is 11.1 Å². The lowest BCUT2D eigenvalue weighted by Gasteiger charge is -2.18. The van der Waals surface area contributed by atoms with Crippen LogP contribution in [0.15, 0.2) is 41.0 Å². The molecule has 0 saturated heterocycles. The van der Waals surface area contributed by atoms with Crippen molar-refractivity contribution in [1.82, 2.24) is 5.32 Å². The standard InChI is InChI=1S/C16H21NO2/c1-4-15-14(10-11-19-15)16(17-5-2)12-6-8-13(18-3)9-7-12/h6-11,16-17H,4-5H2,1-3H3. The minimum Gasteiger partial charge on any atom is -0.497 e. The van der Waals surface area contributed by atoms with Gasteiger partial charge in [0, 0.05) is 12.0 Å². The lowest BCUT2D eigenvalue weighted by atomic mass is 9.98. The molecule has 0 aliphatic rings. The molecule has 1 unspecified atom stereocenters. The van der Waals surface area contributed by atoms with Gasteiger partial charge in [-0.2, -0.15) is 0 Å². The highest BCUT2D eigenvalue weighted by Crippen LogP contribution is 2.27. The molecular weight excluding hydrogens is 238 g/mol. The molecule has 3 nitrogen and oxygen atoms in total. The van der Waals surface area contributed by atoms with Gasteiger partial charge in [0.2, 0.25) is 0 Å². The summed E-state index contributed by atoms with van der Waals surface area (Å²) in [5.74, 6) is 1.92. The summed E-state index contributed by atoms with van der Waals surface area (Å²) in [6.07, 6.45) is 2.67. The second-order valence-electron chi connectivity index (χ2n) is 4.42. The molecule has 0 spiro atoms. The van der Waals surface area contributed by atoms with Crippen LogP contribution in [0.5, 0.6) is 5.75 Å². The van der Waals surface area contributed by atoms with Gasteiger partial charge < -0.3 is 14.5 Å². The molecule has 0 radical (unpaired) electrons. The summed E-state index contributed by atoms with van der Waals surface area (Å²) in [6.45, 7) is 5.13. The molecule has 1 aromatic carbocycles. The molecule has 0 aliphatic heterocycles. The van der Waals surface area contributed by atoms with E-state index in [-0.39, 0.29) is 6.04 Å². The summed E-state index contributed by atoms with van der Waals surface area (Å²) in [6, 6.07) is 10.4. The maximum Gasteiger partial charge on any atom is 0.118 e. The topological polar surface area (TPSA) is 34.4 Å². The fourth-order valence-electron chi connectivity index (χ4n) is 2.30. The maximum atomic E-state index is 5.54. The third-order valence-corrected chi connectivity index (χ3v) is 3.27. The van der Waals surface area contributed by atoms with Crippen molar-refractivity contribution in [3.05, 3.63) is 53.5 Å². The van der Waals surface area contributed by atoms with Crippen LogP contribution in [-0.2, 0) is 6.42 Å². The average Bonchev–Trinajstić information content (AvgIpc) is 2.93. The average molecular weight is 259 g/mol. The Morgan fingerprint density at radius 3 is 2.47 bits per heavy atom. The van der Waals surface area contributed by atoms with Crippen molar-refractivity contribution >= 4 is 0 Å². The molecule has 1 N–H and O–H groups in total. The fourth-order valence-corrected chi connectivity index (χ4v) is 2.30. The van der Waals surface area contributed by atoms with Crippen LogP contribution in [-0.4, -0.2) is 13.7 Å². The highest BCUT2D eigenvalue weighted by atomic mass is 16.5. The zero-order valence-electron chi connectivity index (χ0n) is 11.8. The zero-order valence-corrected chi connectivity index (χ0v) is 11.8. The van der Waals surface area contributed by atoms with Gasteiger partial charge in [-0.1, -0.05) is 26.0 Å². The normalized spacial score (nSPS) is 12.4. The Hall–Kier alpha value is -1.74. The summed E-state index contributed by atoms with van der Waals surface area (Å²) in [7, 11) is 1.68. The molecule has 0 saturated carbocycles. The van der Waals surface area contributed by atoms with Gasteiger partial charge in [0.15, 0.2) is 0 Å². The van der Waals surface area contributed by atoms with E-state index in [4.69, 9.17) is 9.15 Å². The number of furan rings is 1. The quantitative estimate of drug-likeness (QED) is 0.861. The van der Waals surface area contributed by atoms with Crippen molar-refractivity contribution in [2.75, 3.05) is 13.7 Å². The Kier molecular flexibility index (Phi) is 4.63. The summed E-state index contributed by atoms with van der Waals surface area (Å²) < 4.78 is 10.7. The predicted octanol–water partition coefficient (Wildman–Crippen LogP) is 3.55. The molecule has 0 fully saturated rings. The Morgan fingerprint density at radius 1 is 1.16 bits per heavy atom. The molecule has 19 heavy (non-hydrogen) atoms. The van der Waals surface area contributed by atoms with Crippen LogP contribution >= 0.6 is 0 Å². The molecule has 0 aliphatic carbocycles. The number of nitrogens with one attached hydrogen (secondary N) is 1. The van der Waals surface area contributed by atoms with E-state index in [1.54, 1.807) is 13.4 Å². The Labute approximate surface area is 114 Å². The van der Waals surface area contributed by atoms with Gasteiger partial charge >= 0.3 is 0 Å². The Bertz CT molecular complexity index is 502. The maximum absolute atomic E-state index is 5.54. The second-order valence-corrected chi connectivity index (χ2v) is 4.42. The lowest BCUT2D eigenvalue weighted by Crippen LogP contribution is -2.22. The predicted molar refractivity (Wildman–Crippen MR) is 76.6 cm³/mol. The van der Waals surface area contributed by atoms with Crippen molar-refractivity contribution in [2.24, 2.45) is 0 Å². The first-order valence-corrected chi connectivity index (χ1v) is 6.73. The molecule has 2 aromatic rings. The first-order valence-electron chi connectivity index (χ1n) is 6.73. The minimum absolute atomic E-state index is 0.171. The van der Waals surface area contributed by atoms with Gasteiger partial charge in [-0.05, 0) is 30.3 Å². The van der Waals surface area contributed by atoms with Crippen LogP contribution < -0.4 is 10.1 Å². The van der Waals surface area contributed by atoms with Crippen molar-refractivity contribution in [2.45, 2.75) is 26.3 Å². The van der Waals surface area contributed by atoms with Crippen LogP contribution in [0.4, 0.5) is 0 Å². The summed E-state index contributed by atoms with van der Waals surface area (Å²) >= 11 is 0. The van der Waals surface area contributed by atoms with Crippen LogP contribution in [0.2, 0.25) is 0 Å². The second kappa shape index (κ2) is 6.43. The SMILES string of the molecule is CCNC(c1ccc(OC)cc1)c1ccoc1CC. The van der Waals surface area contributed by atoms with E-state index in [9.17, 15) is 0 Å². The number of aryl methyl sites for hydroxylation is 1. The minimum atomic E-state index is 0.171. The third kappa shape index (κ3) is 2.99. The monoisotopic (exact) mass is 259 g/mol. The molecule has 1 heterocycles. The number of methoxy groups -OCH3 is 1. The highest BCUT2D eigenvalue weighted by molar-refractivity contribution is 5.36. The van der Waals surface area contributed by atoms with Gasteiger partial charge in [0.25, 0.3) is 0 Å². The smallest absolute Gasteiger partial charge is 0.118 e. The number of ether oxygens (including phenoxy) is 1. The summed E-state index contributed by atoms with van der Waals surface area (Å²) in [5, 5.41) is 3.51. The summed E-state index contributed by atoms with van der Waals surface area (Å²) in [4.78, 5) is 0. The largest absolute Gasteiger partial charge is 0.497 e. The molecule has 102 valence electrons. The van der Waals surface area contributed by atoms with Crippen LogP contribution in [0, 0.1) is 0 Å². The van der Waals surface area contributed by atoms with E-state index in [2.05, 4.69) is 37.4 Å². The fraction of sp³-hybridized carbons (Fsp3) is 0.375. The number of hydrogen-bond acceptors (Lipinski definition) is 3. The van der Waals surface area contributed by atoms with Crippen LogP contribution in [0.1, 0.15) is 36.8 Å². The molecular formula is C16H21NO2. The first kappa shape index (κ1) is 13.7. The van der Waals surface area contributed by atoms with Crippen molar-refractivity contribution in [3.8, 4) is 5.75 Å². The summed E-state index contributed by atoms with van der Waals surface area (Å²) in [5.41, 5.74) is 2.44. The number of hydrogen-bond donors (Lipinski definition) is 1. The molecule has 1 aromatic heterocycles. The van der Waals surface area contributed by atoms with Crippen molar-refractivity contribution in [3.63, 3.8) is 0 Å². The molecule has 2 rings (SSSR count). The van der Waals surface area contributed by atoms with E-state index in [0.717, 1.165) is 24.5 Å². The third-order valence-electron chi connectivity index (χ3n) is 3.27. The molecule has 0 amide bonds. The molecule has 1 atom stereocenters. The van der Waals surface area contributed by atoms with Gasteiger partial charge in [-0.15, -0.1) is 0 Å². The Morgan fingerprint density at radius 2 is 1.89 bits per heavy atom. The number of rotatable bonds is 6. The highest BCUT2D eigenvalue weighted by Gasteiger charge is 2.18. The van der Waals surface area contributed by atoms with Crippen molar-refractivity contribution in [1.29, 1.82) is 0 Å². The van der Waals surface area contributed by atoms with E-state index < -0.39 is 0 Å². The van der Waals surface area contributed by atoms with Gasteiger partial charge in [-0.25, -0.2) is 0 Å².